The van der Waals surface area contributed by atoms with Crippen LogP contribution in [0.3, 0.4) is 0 Å². The second-order valence-corrected chi connectivity index (χ2v) is 6.45. The average Bonchev–Trinajstić information content (AvgIpc) is 2.68. The molecule has 2 heterocycles. The van der Waals surface area contributed by atoms with E-state index in [-0.39, 0.29) is 18.1 Å². The fraction of sp³-hybridized carbons (Fsp3) is 0.400. The number of nitrogens with one attached hydrogen (secondary N) is 2. The van der Waals surface area contributed by atoms with Gasteiger partial charge < -0.3 is 15.5 Å². The maximum absolute atomic E-state index is 12.6. The van der Waals surface area contributed by atoms with Gasteiger partial charge in [0.25, 0.3) is 0 Å². The molecule has 1 aromatic carbocycles. The first-order chi connectivity index (χ1) is 12.3. The molecular formula is C20H26N4O. The molecular weight excluding hydrogens is 312 g/mol. The summed E-state index contributed by atoms with van der Waals surface area (Å²) in [6.45, 7) is 5.36. The molecule has 2 aromatic rings. The summed E-state index contributed by atoms with van der Waals surface area (Å²) in [6.07, 6.45) is 5.52. The highest BCUT2D eigenvalue weighted by Gasteiger charge is 2.22. The maximum atomic E-state index is 12.6. The van der Waals surface area contributed by atoms with E-state index in [9.17, 15) is 4.79 Å². The molecule has 1 fully saturated rings. The van der Waals surface area contributed by atoms with Gasteiger partial charge in [-0.15, -0.1) is 0 Å². The minimum atomic E-state index is -0.181. The van der Waals surface area contributed by atoms with Crippen LogP contribution in [0.5, 0.6) is 0 Å². The van der Waals surface area contributed by atoms with Crippen molar-refractivity contribution in [3.63, 3.8) is 0 Å². The molecule has 0 bridgehead atoms. The number of carbonyl (C=O) groups excluding carboxylic acids is 1. The molecule has 25 heavy (non-hydrogen) atoms. The third kappa shape index (κ3) is 4.79. The van der Waals surface area contributed by atoms with E-state index in [0.29, 0.717) is 0 Å². The smallest absolute Gasteiger partial charge is 0.315 e. The Bertz CT molecular complexity index is 614. The lowest BCUT2D eigenvalue weighted by Gasteiger charge is -2.32. The Morgan fingerprint density at radius 2 is 1.76 bits per heavy atom. The fourth-order valence-electron chi connectivity index (χ4n) is 3.31. The van der Waals surface area contributed by atoms with E-state index in [4.69, 9.17) is 0 Å². The molecule has 0 unspecified atom stereocenters. The average molecular weight is 338 g/mol. The van der Waals surface area contributed by atoms with Gasteiger partial charge >= 0.3 is 6.03 Å². The molecule has 5 heteroatoms. The summed E-state index contributed by atoms with van der Waals surface area (Å²) in [6, 6.07) is 13.9. The fourth-order valence-corrected chi connectivity index (χ4v) is 3.31. The first-order valence-electron chi connectivity index (χ1n) is 9.00. The van der Waals surface area contributed by atoms with Crippen molar-refractivity contribution in [1.82, 2.24) is 20.5 Å². The number of urea groups is 1. The lowest BCUT2D eigenvalue weighted by Crippen LogP contribution is -2.48. The van der Waals surface area contributed by atoms with Gasteiger partial charge in [0.05, 0.1) is 6.04 Å². The highest BCUT2D eigenvalue weighted by molar-refractivity contribution is 5.75. The van der Waals surface area contributed by atoms with Crippen LogP contribution in [0.2, 0.25) is 0 Å². The number of hydrogen-bond acceptors (Lipinski definition) is 3. The summed E-state index contributed by atoms with van der Waals surface area (Å²) in [4.78, 5) is 19.1. The molecule has 0 saturated carbocycles. The van der Waals surface area contributed by atoms with Gasteiger partial charge in [-0.1, -0.05) is 37.3 Å². The van der Waals surface area contributed by atoms with E-state index in [1.807, 2.05) is 42.5 Å². The summed E-state index contributed by atoms with van der Waals surface area (Å²) in [5.74, 6) is 0. The molecule has 132 valence electrons. The van der Waals surface area contributed by atoms with Crippen LogP contribution in [0.4, 0.5) is 4.79 Å². The monoisotopic (exact) mass is 338 g/mol. The van der Waals surface area contributed by atoms with Crippen LogP contribution < -0.4 is 10.6 Å². The summed E-state index contributed by atoms with van der Waals surface area (Å²) in [5, 5.41) is 6.27. The van der Waals surface area contributed by atoms with Gasteiger partial charge in [0.2, 0.25) is 0 Å². The van der Waals surface area contributed by atoms with E-state index >= 15 is 0 Å². The SMILES string of the molecule is CCN1CCC(NC(=O)N[C@@H](c2ccccc2)c2ccncc2)CC1. The minimum Gasteiger partial charge on any atom is -0.335 e. The topological polar surface area (TPSA) is 57.3 Å². The van der Waals surface area contributed by atoms with Gasteiger partial charge in [0, 0.05) is 31.5 Å². The van der Waals surface area contributed by atoms with Crippen LogP contribution in [0.25, 0.3) is 0 Å². The largest absolute Gasteiger partial charge is 0.335 e. The molecule has 1 saturated heterocycles. The van der Waals surface area contributed by atoms with Crippen molar-refractivity contribution in [2.24, 2.45) is 0 Å². The molecule has 5 nitrogen and oxygen atoms in total. The van der Waals surface area contributed by atoms with E-state index in [1.165, 1.54) is 0 Å². The number of aromatic nitrogens is 1. The summed E-state index contributed by atoms with van der Waals surface area (Å²) in [7, 11) is 0. The number of piperidine rings is 1. The number of pyridine rings is 1. The van der Waals surface area contributed by atoms with E-state index in [0.717, 1.165) is 43.6 Å². The Morgan fingerprint density at radius 3 is 2.40 bits per heavy atom. The second kappa shape index (κ2) is 8.62. The van der Waals surface area contributed by atoms with Crippen molar-refractivity contribution in [1.29, 1.82) is 0 Å². The summed E-state index contributed by atoms with van der Waals surface area (Å²) >= 11 is 0. The third-order valence-electron chi connectivity index (χ3n) is 4.82. The lowest BCUT2D eigenvalue weighted by molar-refractivity contribution is 0.197. The van der Waals surface area contributed by atoms with Crippen LogP contribution in [0.15, 0.2) is 54.9 Å². The zero-order valence-electron chi connectivity index (χ0n) is 14.7. The molecule has 0 radical (unpaired) electrons. The van der Waals surface area contributed by atoms with Crippen LogP contribution in [0.1, 0.15) is 36.9 Å². The Balaban J connectivity index is 1.65. The predicted octanol–water partition coefficient (Wildman–Crippen LogP) is 2.95. The van der Waals surface area contributed by atoms with Crippen molar-refractivity contribution in [2.45, 2.75) is 31.8 Å². The first kappa shape index (κ1) is 17.4. The molecule has 1 aliphatic rings. The van der Waals surface area contributed by atoms with Crippen LogP contribution in [0, 0.1) is 0 Å². The first-order valence-corrected chi connectivity index (χ1v) is 9.00. The number of hydrogen-bond donors (Lipinski definition) is 2. The molecule has 0 spiro atoms. The van der Waals surface area contributed by atoms with Gasteiger partial charge in [-0.25, -0.2) is 4.79 Å². The number of carbonyl (C=O) groups is 1. The Labute approximate surface area is 149 Å². The number of nitrogens with zero attached hydrogens (tertiary/aromatic N) is 2. The van der Waals surface area contributed by atoms with Gasteiger partial charge in [-0.3, -0.25) is 4.98 Å². The molecule has 3 rings (SSSR count). The highest BCUT2D eigenvalue weighted by atomic mass is 16.2. The highest BCUT2D eigenvalue weighted by Crippen LogP contribution is 2.21. The van der Waals surface area contributed by atoms with Crippen molar-refractivity contribution in [3.8, 4) is 0 Å². The van der Waals surface area contributed by atoms with E-state index in [1.54, 1.807) is 12.4 Å². The summed E-state index contributed by atoms with van der Waals surface area (Å²) in [5.41, 5.74) is 2.09. The number of amides is 2. The normalized spacial score (nSPS) is 17.0. The van der Waals surface area contributed by atoms with Crippen LogP contribution in [-0.4, -0.2) is 41.6 Å². The maximum Gasteiger partial charge on any atom is 0.315 e. The van der Waals surface area contributed by atoms with Crippen LogP contribution in [-0.2, 0) is 0 Å². The van der Waals surface area contributed by atoms with Gasteiger partial charge in [0.15, 0.2) is 0 Å². The second-order valence-electron chi connectivity index (χ2n) is 6.45. The van der Waals surface area contributed by atoms with Crippen LogP contribution >= 0.6 is 0 Å². The Morgan fingerprint density at radius 1 is 1.12 bits per heavy atom. The van der Waals surface area contributed by atoms with Crippen molar-refractivity contribution >= 4 is 6.03 Å². The molecule has 1 atom stereocenters. The Hall–Kier alpha value is -2.40. The number of rotatable bonds is 5. The summed E-state index contributed by atoms with van der Waals surface area (Å²) < 4.78 is 0. The van der Waals surface area contributed by atoms with E-state index < -0.39 is 0 Å². The van der Waals surface area contributed by atoms with Gasteiger partial charge in [0.1, 0.15) is 0 Å². The van der Waals surface area contributed by atoms with Crippen molar-refractivity contribution < 1.29 is 4.79 Å². The van der Waals surface area contributed by atoms with Gasteiger partial charge in [-0.2, -0.15) is 0 Å². The van der Waals surface area contributed by atoms with Crippen molar-refractivity contribution in [3.05, 3.63) is 66.0 Å². The Kier molecular flexibility index (Phi) is 6.01. The number of benzene rings is 1. The molecule has 1 aromatic heterocycles. The third-order valence-corrected chi connectivity index (χ3v) is 4.82. The van der Waals surface area contributed by atoms with Crippen molar-refractivity contribution in [2.75, 3.05) is 19.6 Å². The minimum absolute atomic E-state index is 0.111. The lowest BCUT2D eigenvalue weighted by atomic mass is 10.00. The zero-order valence-corrected chi connectivity index (χ0v) is 14.7. The quantitative estimate of drug-likeness (QED) is 0.881. The van der Waals surface area contributed by atoms with E-state index in [2.05, 4.69) is 27.4 Å². The molecule has 1 aliphatic heterocycles. The molecule has 2 N–H and O–H groups in total. The number of likely N-dealkylation sites (tertiary alicyclic amines) is 1. The molecule has 0 aliphatic carbocycles. The predicted molar refractivity (Wildman–Crippen MR) is 99.3 cm³/mol. The van der Waals surface area contributed by atoms with Gasteiger partial charge in [-0.05, 0) is 42.6 Å². The molecule has 2 amide bonds. The standard InChI is InChI=1S/C20H26N4O/c1-2-24-14-10-18(11-15-24)22-20(25)23-19(16-6-4-3-5-7-16)17-8-12-21-13-9-17/h3-9,12-13,18-19H,2,10-11,14-15H2,1H3,(H2,22,23,25)/t19-/m0/s1. The zero-order chi connectivity index (χ0) is 17.5.